The quantitative estimate of drug-likeness (QED) is 0.760. The molecular weight excluding hydrogens is 350 g/mol. The number of aryl methyl sites for hydroxylation is 1. The number of esters is 1. The highest BCUT2D eigenvalue weighted by molar-refractivity contribution is 7.10. The third kappa shape index (κ3) is 5.54. The number of hydrogen-bond acceptors (Lipinski definition) is 5. The fourth-order valence-electron chi connectivity index (χ4n) is 1.93. The maximum atomic E-state index is 11.8. The average molecular weight is 368 g/mol. The predicted molar refractivity (Wildman–Crippen MR) is 93.5 cm³/mol. The van der Waals surface area contributed by atoms with Crippen molar-refractivity contribution in [2.45, 2.75) is 19.9 Å². The summed E-state index contributed by atoms with van der Waals surface area (Å²) in [7, 11) is 0. The summed E-state index contributed by atoms with van der Waals surface area (Å²) in [5.41, 5.74) is 0.851. The lowest BCUT2D eigenvalue weighted by molar-refractivity contribution is -0.150. The smallest absolute Gasteiger partial charge is 0.344 e. The Bertz CT molecular complexity index is 703. The van der Waals surface area contributed by atoms with Crippen LogP contribution in [0.25, 0.3) is 0 Å². The monoisotopic (exact) mass is 367 g/mol. The number of carbonyl (C=O) groups is 2. The fourth-order valence-corrected chi connectivity index (χ4v) is 2.78. The second-order valence-corrected chi connectivity index (χ2v) is 6.55. The number of benzene rings is 1. The molecule has 0 aliphatic carbocycles. The van der Waals surface area contributed by atoms with Gasteiger partial charge in [0.25, 0.3) is 5.91 Å². The molecule has 0 aliphatic heterocycles. The maximum absolute atomic E-state index is 11.8. The van der Waals surface area contributed by atoms with E-state index in [1.54, 1.807) is 29.5 Å². The summed E-state index contributed by atoms with van der Waals surface area (Å²) in [5.74, 6) is -0.447. The number of rotatable bonds is 7. The van der Waals surface area contributed by atoms with Crippen LogP contribution >= 0.6 is 22.9 Å². The summed E-state index contributed by atoms with van der Waals surface area (Å²) in [6, 6.07) is 8.81. The summed E-state index contributed by atoms with van der Waals surface area (Å²) in [6.45, 7) is 3.11. The van der Waals surface area contributed by atoms with Crippen molar-refractivity contribution in [1.29, 1.82) is 0 Å². The van der Waals surface area contributed by atoms with Crippen LogP contribution in [-0.4, -0.2) is 25.1 Å². The molecule has 0 fully saturated rings. The van der Waals surface area contributed by atoms with Gasteiger partial charge in [-0.15, -0.1) is 11.3 Å². The van der Waals surface area contributed by atoms with Crippen LogP contribution in [0.2, 0.25) is 5.02 Å². The number of thiophene rings is 1. The first kappa shape index (κ1) is 18.3. The van der Waals surface area contributed by atoms with Crippen molar-refractivity contribution in [1.82, 2.24) is 5.32 Å². The average Bonchev–Trinajstić information content (AvgIpc) is 3.08. The molecule has 2 aromatic rings. The van der Waals surface area contributed by atoms with Crippen LogP contribution in [0.5, 0.6) is 5.75 Å². The summed E-state index contributed by atoms with van der Waals surface area (Å²) in [6.07, 6.45) is 0. The van der Waals surface area contributed by atoms with Gasteiger partial charge < -0.3 is 14.8 Å². The molecule has 0 saturated heterocycles. The summed E-state index contributed by atoms with van der Waals surface area (Å²) >= 11 is 7.47. The minimum Gasteiger partial charge on any atom is -0.482 e. The first-order chi connectivity index (χ1) is 11.5. The standard InChI is InChI=1S/C17H18ClNO4S/c1-11-8-13(5-6-14(11)18)22-10-17(21)23-9-16(20)19-12(2)15-4-3-7-24-15/h3-8,12H,9-10H2,1-2H3,(H,19,20)/t12-/m0/s1. The number of nitrogens with one attached hydrogen (secondary N) is 1. The topological polar surface area (TPSA) is 64.6 Å². The van der Waals surface area contributed by atoms with Crippen molar-refractivity contribution in [3.8, 4) is 5.75 Å². The summed E-state index contributed by atoms with van der Waals surface area (Å²) in [4.78, 5) is 24.4. The van der Waals surface area contributed by atoms with Crippen molar-refractivity contribution in [2.24, 2.45) is 0 Å². The van der Waals surface area contributed by atoms with Crippen molar-refractivity contribution in [3.05, 3.63) is 51.2 Å². The second-order valence-electron chi connectivity index (χ2n) is 5.16. The Balaban J connectivity index is 1.70. The minimum atomic E-state index is -0.610. The zero-order valence-corrected chi connectivity index (χ0v) is 14.9. The molecule has 0 unspecified atom stereocenters. The van der Waals surface area contributed by atoms with Gasteiger partial charge in [0.15, 0.2) is 13.2 Å². The molecule has 0 saturated carbocycles. The first-order valence-corrected chi connectivity index (χ1v) is 8.59. The number of halogens is 1. The summed E-state index contributed by atoms with van der Waals surface area (Å²) in [5, 5.41) is 5.33. The van der Waals surface area contributed by atoms with Crippen LogP contribution in [0.15, 0.2) is 35.7 Å². The lowest BCUT2D eigenvalue weighted by Gasteiger charge is -2.12. The van der Waals surface area contributed by atoms with Crippen LogP contribution < -0.4 is 10.1 Å². The van der Waals surface area contributed by atoms with Gasteiger partial charge in [-0.1, -0.05) is 17.7 Å². The Morgan fingerprint density at radius 3 is 2.75 bits per heavy atom. The van der Waals surface area contributed by atoms with E-state index in [2.05, 4.69) is 5.32 Å². The van der Waals surface area contributed by atoms with Crippen molar-refractivity contribution < 1.29 is 19.1 Å². The highest BCUT2D eigenvalue weighted by Gasteiger charge is 2.13. The van der Waals surface area contributed by atoms with E-state index in [0.717, 1.165) is 10.4 Å². The van der Waals surface area contributed by atoms with Gasteiger partial charge in [-0.05, 0) is 49.1 Å². The molecule has 24 heavy (non-hydrogen) atoms. The molecule has 0 aliphatic rings. The van der Waals surface area contributed by atoms with E-state index in [4.69, 9.17) is 21.1 Å². The Morgan fingerprint density at radius 1 is 1.29 bits per heavy atom. The molecule has 0 bridgehead atoms. The number of amides is 1. The molecule has 1 heterocycles. The van der Waals surface area contributed by atoms with Crippen LogP contribution in [-0.2, 0) is 14.3 Å². The van der Waals surface area contributed by atoms with Crippen molar-refractivity contribution in [3.63, 3.8) is 0 Å². The van der Waals surface area contributed by atoms with E-state index in [0.29, 0.717) is 10.8 Å². The van der Waals surface area contributed by atoms with Gasteiger partial charge in [0.05, 0.1) is 6.04 Å². The Morgan fingerprint density at radius 2 is 2.08 bits per heavy atom. The minimum absolute atomic E-state index is 0.121. The highest BCUT2D eigenvalue weighted by atomic mass is 35.5. The first-order valence-electron chi connectivity index (χ1n) is 7.33. The maximum Gasteiger partial charge on any atom is 0.344 e. The van der Waals surface area contributed by atoms with E-state index in [1.165, 1.54) is 0 Å². The number of carbonyl (C=O) groups excluding carboxylic acids is 2. The Labute approximate surface area is 149 Å². The largest absolute Gasteiger partial charge is 0.482 e. The van der Waals surface area contributed by atoms with Crippen LogP contribution in [0, 0.1) is 6.92 Å². The molecule has 5 nitrogen and oxygen atoms in total. The van der Waals surface area contributed by atoms with Crippen molar-refractivity contribution >= 4 is 34.8 Å². The molecule has 1 atom stereocenters. The number of ether oxygens (including phenoxy) is 2. The van der Waals surface area contributed by atoms with Gasteiger partial charge in [0.2, 0.25) is 0 Å². The van der Waals surface area contributed by atoms with Gasteiger partial charge in [0, 0.05) is 9.90 Å². The highest BCUT2D eigenvalue weighted by Crippen LogP contribution is 2.21. The lowest BCUT2D eigenvalue weighted by Crippen LogP contribution is -2.31. The van der Waals surface area contributed by atoms with Gasteiger partial charge in [0.1, 0.15) is 5.75 Å². The predicted octanol–water partition coefficient (Wildman–Crippen LogP) is 3.51. The van der Waals surface area contributed by atoms with E-state index in [-0.39, 0.29) is 25.2 Å². The van der Waals surface area contributed by atoms with Crippen molar-refractivity contribution in [2.75, 3.05) is 13.2 Å². The molecule has 128 valence electrons. The fraction of sp³-hybridized carbons (Fsp3) is 0.294. The normalized spacial score (nSPS) is 11.6. The molecule has 1 aromatic heterocycles. The van der Waals surface area contributed by atoms with E-state index < -0.39 is 5.97 Å². The lowest BCUT2D eigenvalue weighted by atomic mass is 10.2. The van der Waals surface area contributed by atoms with Gasteiger partial charge in [-0.3, -0.25) is 4.79 Å². The van der Waals surface area contributed by atoms with E-state index in [9.17, 15) is 9.59 Å². The molecule has 7 heteroatoms. The van der Waals surface area contributed by atoms with Crippen LogP contribution in [0.1, 0.15) is 23.4 Å². The van der Waals surface area contributed by atoms with Gasteiger partial charge in [-0.25, -0.2) is 4.79 Å². The molecular formula is C17H18ClNO4S. The van der Waals surface area contributed by atoms with Gasteiger partial charge >= 0.3 is 5.97 Å². The Hall–Kier alpha value is -2.05. The molecule has 1 aromatic carbocycles. The number of hydrogen-bond donors (Lipinski definition) is 1. The molecule has 1 N–H and O–H groups in total. The zero-order chi connectivity index (χ0) is 17.5. The van der Waals surface area contributed by atoms with E-state index in [1.807, 2.05) is 31.4 Å². The van der Waals surface area contributed by atoms with Gasteiger partial charge in [-0.2, -0.15) is 0 Å². The molecule has 1 amide bonds. The molecule has 2 rings (SSSR count). The SMILES string of the molecule is Cc1cc(OCC(=O)OCC(=O)N[C@@H](C)c2cccs2)ccc1Cl. The van der Waals surface area contributed by atoms with E-state index >= 15 is 0 Å². The Kier molecular flexibility index (Phi) is 6.63. The zero-order valence-electron chi connectivity index (χ0n) is 13.4. The van der Waals surface area contributed by atoms with Crippen LogP contribution in [0.3, 0.4) is 0 Å². The molecule has 0 radical (unpaired) electrons. The third-order valence-electron chi connectivity index (χ3n) is 3.20. The van der Waals surface area contributed by atoms with Crippen LogP contribution in [0.4, 0.5) is 0 Å². The summed E-state index contributed by atoms with van der Waals surface area (Å²) < 4.78 is 10.2. The third-order valence-corrected chi connectivity index (χ3v) is 4.68. The molecule has 0 spiro atoms. The second kappa shape index (κ2) is 8.70.